The van der Waals surface area contributed by atoms with Gasteiger partial charge in [-0.3, -0.25) is 4.79 Å². The van der Waals surface area contributed by atoms with E-state index in [4.69, 9.17) is 0 Å². The van der Waals surface area contributed by atoms with Gasteiger partial charge in [0.25, 0.3) is 0 Å². The molecule has 1 rings (SSSR count). The average Bonchev–Trinajstić information content (AvgIpc) is 2.19. The number of aromatic nitrogens is 2. The van der Waals surface area contributed by atoms with Gasteiger partial charge in [0, 0.05) is 17.6 Å². The fourth-order valence-corrected chi connectivity index (χ4v) is 1.46. The molecule has 70 valence electrons. The molecule has 1 heterocycles. The minimum absolute atomic E-state index is 0.516. The lowest BCUT2D eigenvalue weighted by molar-refractivity contribution is 0.112. The molecular weight excluding hydrogens is 184 g/mol. The van der Waals surface area contributed by atoms with E-state index in [-0.39, 0.29) is 0 Å². The van der Waals surface area contributed by atoms with Gasteiger partial charge in [-0.15, -0.1) is 0 Å². The molecule has 1 aromatic rings. The topological polar surface area (TPSA) is 42.9 Å². The van der Waals surface area contributed by atoms with Gasteiger partial charge < -0.3 is 0 Å². The molecule has 0 aliphatic rings. The van der Waals surface area contributed by atoms with Crippen molar-refractivity contribution in [2.24, 2.45) is 0 Å². The van der Waals surface area contributed by atoms with Crippen molar-refractivity contribution in [3.63, 3.8) is 0 Å². The normalized spacial score (nSPS) is 12.5. The lowest BCUT2D eigenvalue weighted by Crippen LogP contribution is -1.96. The van der Waals surface area contributed by atoms with Crippen LogP contribution in [0.4, 0.5) is 0 Å². The Morgan fingerprint density at radius 3 is 2.62 bits per heavy atom. The van der Waals surface area contributed by atoms with Crippen molar-refractivity contribution in [2.45, 2.75) is 30.7 Å². The van der Waals surface area contributed by atoms with Gasteiger partial charge >= 0.3 is 0 Å². The monoisotopic (exact) mass is 196 g/mol. The van der Waals surface area contributed by atoms with Gasteiger partial charge in [-0.05, 0) is 6.42 Å². The zero-order valence-corrected chi connectivity index (χ0v) is 8.54. The van der Waals surface area contributed by atoms with Gasteiger partial charge in [0.15, 0.2) is 11.4 Å². The summed E-state index contributed by atoms with van der Waals surface area (Å²) in [4.78, 5) is 18.4. The van der Waals surface area contributed by atoms with Crippen LogP contribution >= 0.6 is 11.8 Å². The number of rotatable bonds is 4. The van der Waals surface area contributed by atoms with E-state index in [9.17, 15) is 4.79 Å². The minimum atomic E-state index is 0.516. The molecule has 3 nitrogen and oxygen atoms in total. The number of thioether (sulfide) groups is 1. The Kier molecular flexibility index (Phi) is 3.89. The van der Waals surface area contributed by atoms with Crippen LogP contribution in [0, 0.1) is 0 Å². The second-order valence-electron chi connectivity index (χ2n) is 2.75. The van der Waals surface area contributed by atoms with Crippen molar-refractivity contribution in [1.82, 2.24) is 9.97 Å². The Labute approximate surface area is 82.0 Å². The molecule has 0 spiro atoms. The molecule has 1 aromatic heterocycles. The Bertz CT molecular complexity index is 273. The predicted octanol–water partition coefficient (Wildman–Crippen LogP) is 2.18. The van der Waals surface area contributed by atoms with Gasteiger partial charge in [0.05, 0.1) is 5.56 Å². The van der Waals surface area contributed by atoms with Crippen LogP contribution in [-0.4, -0.2) is 21.5 Å². The first-order valence-corrected chi connectivity index (χ1v) is 5.08. The molecule has 0 saturated heterocycles. The van der Waals surface area contributed by atoms with Crippen molar-refractivity contribution < 1.29 is 4.79 Å². The zero-order chi connectivity index (χ0) is 9.68. The third kappa shape index (κ3) is 3.14. The van der Waals surface area contributed by atoms with Crippen molar-refractivity contribution in [3.8, 4) is 0 Å². The van der Waals surface area contributed by atoms with Crippen LogP contribution in [0.1, 0.15) is 30.6 Å². The number of nitrogens with zero attached hydrogens (tertiary/aromatic N) is 2. The molecule has 1 atom stereocenters. The lowest BCUT2D eigenvalue weighted by Gasteiger charge is -2.05. The molecule has 0 amide bonds. The number of hydrogen-bond acceptors (Lipinski definition) is 4. The molecule has 0 aliphatic carbocycles. The predicted molar refractivity (Wildman–Crippen MR) is 53.0 cm³/mol. The highest BCUT2D eigenvalue weighted by Gasteiger charge is 2.03. The molecule has 0 bridgehead atoms. The summed E-state index contributed by atoms with van der Waals surface area (Å²) in [7, 11) is 0. The van der Waals surface area contributed by atoms with E-state index in [1.54, 1.807) is 24.2 Å². The molecule has 4 heteroatoms. The van der Waals surface area contributed by atoms with Gasteiger partial charge in [-0.25, -0.2) is 9.97 Å². The summed E-state index contributed by atoms with van der Waals surface area (Å²) in [5.41, 5.74) is 0.522. The van der Waals surface area contributed by atoms with Crippen molar-refractivity contribution >= 4 is 18.0 Å². The molecule has 0 radical (unpaired) electrons. The third-order valence-electron chi connectivity index (χ3n) is 1.67. The Balaban J connectivity index is 2.63. The second-order valence-corrected chi connectivity index (χ2v) is 4.16. The minimum Gasteiger partial charge on any atom is -0.298 e. The molecule has 13 heavy (non-hydrogen) atoms. The highest BCUT2D eigenvalue weighted by Crippen LogP contribution is 2.20. The van der Waals surface area contributed by atoms with Gasteiger partial charge in [0.1, 0.15) is 0 Å². The molecule has 0 aromatic carbocycles. The van der Waals surface area contributed by atoms with Gasteiger partial charge in [-0.1, -0.05) is 25.6 Å². The summed E-state index contributed by atoms with van der Waals surface area (Å²) in [6.07, 6.45) is 4.93. The van der Waals surface area contributed by atoms with Crippen molar-refractivity contribution in [2.75, 3.05) is 0 Å². The summed E-state index contributed by atoms with van der Waals surface area (Å²) in [5.74, 6) is 0. The Morgan fingerprint density at radius 1 is 1.54 bits per heavy atom. The third-order valence-corrected chi connectivity index (χ3v) is 2.82. The molecule has 0 aliphatic heterocycles. The number of hydrogen-bond donors (Lipinski definition) is 0. The number of carbonyl (C=O) groups excluding carboxylic acids is 1. The summed E-state index contributed by atoms with van der Waals surface area (Å²) >= 11 is 1.62. The second kappa shape index (κ2) is 4.97. The molecule has 0 N–H and O–H groups in total. The van der Waals surface area contributed by atoms with Crippen LogP contribution < -0.4 is 0 Å². The van der Waals surface area contributed by atoms with Crippen molar-refractivity contribution in [3.05, 3.63) is 18.0 Å². The first-order chi connectivity index (χ1) is 6.26. The smallest absolute Gasteiger partial charge is 0.187 e. The Morgan fingerprint density at radius 2 is 2.15 bits per heavy atom. The quantitative estimate of drug-likeness (QED) is 0.420. The van der Waals surface area contributed by atoms with E-state index in [1.807, 2.05) is 0 Å². The van der Waals surface area contributed by atoms with Crippen LogP contribution in [0.3, 0.4) is 0 Å². The lowest BCUT2D eigenvalue weighted by atomic mass is 10.4. The fraction of sp³-hybridized carbons (Fsp3) is 0.444. The van der Waals surface area contributed by atoms with E-state index in [0.717, 1.165) is 17.9 Å². The van der Waals surface area contributed by atoms with Crippen molar-refractivity contribution in [1.29, 1.82) is 0 Å². The van der Waals surface area contributed by atoms with Gasteiger partial charge in [-0.2, -0.15) is 0 Å². The highest BCUT2D eigenvalue weighted by molar-refractivity contribution is 7.99. The number of aldehydes is 1. The highest BCUT2D eigenvalue weighted by atomic mass is 32.2. The van der Waals surface area contributed by atoms with E-state index < -0.39 is 0 Å². The van der Waals surface area contributed by atoms with Crippen LogP contribution in [0.2, 0.25) is 0 Å². The number of carbonyl (C=O) groups is 1. The first kappa shape index (κ1) is 10.2. The van der Waals surface area contributed by atoms with Crippen LogP contribution in [0.5, 0.6) is 0 Å². The fourth-order valence-electron chi connectivity index (χ4n) is 0.711. The summed E-state index contributed by atoms with van der Waals surface area (Å²) in [5, 5.41) is 1.25. The standard InChI is InChI=1S/C9H12N2OS/c1-3-7(2)13-9-10-4-8(6-12)5-11-9/h4-7H,3H2,1-2H3/t7-/m0/s1. The largest absolute Gasteiger partial charge is 0.298 e. The maximum absolute atomic E-state index is 10.3. The molecule has 0 fully saturated rings. The van der Waals surface area contributed by atoms with Gasteiger partial charge in [0.2, 0.25) is 0 Å². The van der Waals surface area contributed by atoms with E-state index in [2.05, 4.69) is 23.8 Å². The first-order valence-electron chi connectivity index (χ1n) is 4.20. The maximum Gasteiger partial charge on any atom is 0.187 e. The summed E-state index contributed by atoms with van der Waals surface area (Å²) in [6.45, 7) is 4.25. The van der Waals surface area contributed by atoms with Crippen LogP contribution in [0.15, 0.2) is 17.6 Å². The van der Waals surface area contributed by atoms with E-state index >= 15 is 0 Å². The maximum atomic E-state index is 10.3. The Hall–Kier alpha value is -0.900. The van der Waals surface area contributed by atoms with Crippen LogP contribution in [0.25, 0.3) is 0 Å². The SMILES string of the molecule is CC[C@H](C)Sc1ncc(C=O)cn1. The molecular formula is C9H12N2OS. The molecule has 0 saturated carbocycles. The summed E-state index contributed by atoms with van der Waals surface area (Å²) in [6, 6.07) is 0. The average molecular weight is 196 g/mol. The van der Waals surface area contributed by atoms with Crippen LogP contribution in [-0.2, 0) is 0 Å². The summed E-state index contributed by atoms with van der Waals surface area (Å²) < 4.78 is 0. The van der Waals surface area contributed by atoms with E-state index in [1.165, 1.54) is 0 Å². The van der Waals surface area contributed by atoms with E-state index in [0.29, 0.717) is 10.8 Å². The zero-order valence-electron chi connectivity index (χ0n) is 7.73. The molecule has 0 unspecified atom stereocenters.